The molecule has 0 atom stereocenters. The SMILES string of the molecule is ON=COc1[c]cccc1. The maximum atomic E-state index is 7.96. The molecule has 0 aliphatic rings. The van der Waals surface area contributed by atoms with Crippen molar-refractivity contribution in [1.29, 1.82) is 0 Å². The van der Waals surface area contributed by atoms with Gasteiger partial charge in [0, 0.05) is 6.07 Å². The first kappa shape index (κ1) is 6.61. The second kappa shape index (κ2) is 3.50. The quantitative estimate of drug-likeness (QED) is 0.288. The van der Waals surface area contributed by atoms with E-state index in [4.69, 9.17) is 9.94 Å². The first-order chi connectivity index (χ1) is 4.93. The Balaban J connectivity index is 2.59. The van der Waals surface area contributed by atoms with Crippen molar-refractivity contribution in [2.24, 2.45) is 5.16 Å². The van der Waals surface area contributed by atoms with Crippen molar-refractivity contribution in [3.63, 3.8) is 0 Å². The Morgan fingerprint density at radius 3 is 3.10 bits per heavy atom. The maximum Gasteiger partial charge on any atom is 0.218 e. The Labute approximate surface area is 58.6 Å². The predicted molar refractivity (Wildman–Crippen MR) is 36.2 cm³/mol. The van der Waals surface area contributed by atoms with Gasteiger partial charge in [0.05, 0.1) is 0 Å². The zero-order valence-electron chi connectivity index (χ0n) is 5.19. The maximum absolute atomic E-state index is 7.96. The highest BCUT2D eigenvalue weighted by atomic mass is 16.5. The van der Waals surface area contributed by atoms with Crippen molar-refractivity contribution >= 4 is 6.40 Å². The Morgan fingerprint density at radius 1 is 1.60 bits per heavy atom. The van der Waals surface area contributed by atoms with Gasteiger partial charge in [-0.1, -0.05) is 23.4 Å². The second-order valence-corrected chi connectivity index (χ2v) is 1.57. The van der Waals surface area contributed by atoms with E-state index in [1.165, 1.54) is 0 Å². The lowest BCUT2D eigenvalue weighted by atomic mass is 10.3. The van der Waals surface area contributed by atoms with E-state index >= 15 is 0 Å². The Bertz CT molecular complexity index is 208. The highest BCUT2D eigenvalue weighted by Crippen LogP contribution is 2.05. The van der Waals surface area contributed by atoms with E-state index in [0.29, 0.717) is 5.75 Å². The second-order valence-electron chi connectivity index (χ2n) is 1.57. The number of hydrogen-bond donors (Lipinski definition) is 1. The van der Waals surface area contributed by atoms with E-state index in [0.717, 1.165) is 6.40 Å². The minimum atomic E-state index is 0.528. The van der Waals surface area contributed by atoms with Crippen molar-refractivity contribution in [1.82, 2.24) is 0 Å². The van der Waals surface area contributed by atoms with Crippen LogP contribution in [0.15, 0.2) is 29.4 Å². The van der Waals surface area contributed by atoms with Gasteiger partial charge in [-0.05, 0) is 6.07 Å². The minimum Gasteiger partial charge on any atom is -0.442 e. The summed E-state index contributed by atoms with van der Waals surface area (Å²) in [5.74, 6) is 0.528. The monoisotopic (exact) mass is 136 g/mol. The molecule has 0 bridgehead atoms. The average Bonchev–Trinajstić information content (AvgIpc) is 2.03. The van der Waals surface area contributed by atoms with Crippen LogP contribution >= 0.6 is 0 Å². The molecular formula is C7H6NO2. The van der Waals surface area contributed by atoms with Gasteiger partial charge in [-0.3, -0.25) is 0 Å². The molecule has 0 heterocycles. The van der Waals surface area contributed by atoms with Crippen molar-refractivity contribution in [2.75, 3.05) is 0 Å². The predicted octanol–water partition coefficient (Wildman–Crippen LogP) is 1.28. The molecule has 1 N–H and O–H groups in total. The average molecular weight is 136 g/mol. The fraction of sp³-hybridized carbons (Fsp3) is 0. The van der Waals surface area contributed by atoms with Gasteiger partial charge in [-0.15, -0.1) is 0 Å². The summed E-state index contributed by atoms with van der Waals surface area (Å²) < 4.78 is 4.76. The summed E-state index contributed by atoms with van der Waals surface area (Å²) in [5.41, 5.74) is 0. The summed E-state index contributed by atoms with van der Waals surface area (Å²) in [6.07, 6.45) is 0.936. The molecule has 0 spiro atoms. The van der Waals surface area contributed by atoms with E-state index in [1.54, 1.807) is 18.2 Å². The van der Waals surface area contributed by atoms with E-state index in [1.807, 2.05) is 6.07 Å². The molecule has 0 aliphatic heterocycles. The minimum absolute atomic E-state index is 0.528. The zero-order valence-corrected chi connectivity index (χ0v) is 5.19. The first-order valence-corrected chi connectivity index (χ1v) is 2.73. The molecule has 10 heavy (non-hydrogen) atoms. The third kappa shape index (κ3) is 1.78. The van der Waals surface area contributed by atoms with Gasteiger partial charge in [0.25, 0.3) is 0 Å². The summed E-state index contributed by atoms with van der Waals surface area (Å²) >= 11 is 0. The number of benzene rings is 1. The Morgan fingerprint density at radius 2 is 2.50 bits per heavy atom. The van der Waals surface area contributed by atoms with Crippen molar-refractivity contribution in [2.45, 2.75) is 0 Å². The molecule has 1 rings (SSSR count). The summed E-state index contributed by atoms with van der Waals surface area (Å²) in [6, 6.07) is 9.82. The molecular weight excluding hydrogens is 130 g/mol. The van der Waals surface area contributed by atoms with Crippen LogP contribution in [-0.2, 0) is 0 Å². The van der Waals surface area contributed by atoms with Crippen LogP contribution in [0.25, 0.3) is 0 Å². The van der Waals surface area contributed by atoms with E-state index in [-0.39, 0.29) is 0 Å². The van der Waals surface area contributed by atoms with Crippen LogP contribution in [-0.4, -0.2) is 11.6 Å². The molecule has 1 radical (unpaired) electrons. The lowest BCUT2D eigenvalue weighted by Gasteiger charge is -1.93. The highest BCUT2D eigenvalue weighted by Gasteiger charge is 1.85. The smallest absolute Gasteiger partial charge is 0.218 e. The topological polar surface area (TPSA) is 41.8 Å². The molecule has 3 heteroatoms. The van der Waals surface area contributed by atoms with Crippen LogP contribution in [0, 0.1) is 6.07 Å². The van der Waals surface area contributed by atoms with Crippen LogP contribution in [0.5, 0.6) is 5.75 Å². The molecule has 0 unspecified atom stereocenters. The van der Waals surface area contributed by atoms with E-state index in [2.05, 4.69) is 11.2 Å². The first-order valence-electron chi connectivity index (χ1n) is 2.73. The van der Waals surface area contributed by atoms with Crippen LogP contribution in [0.3, 0.4) is 0 Å². The number of hydrogen-bond acceptors (Lipinski definition) is 3. The summed E-state index contributed by atoms with van der Waals surface area (Å²) in [6.45, 7) is 0. The molecule has 0 saturated heterocycles. The Kier molecular flexibility index (Phi) is 2.31. The Hall–Kier alpha value is -1.51. The van der Waals surface area contributed by atoms with E-state index in [9.17, 15) is 0 Å². The van der Waals surface area contributed by atoms with Gasteiger partial charge in [-0.2, -0.15) is 0 Å². The number of ether oxygens (including phenoxy) is 1. The van der Waals surface area contributed by atoms with Gasteiger partial charge < -0.3 is 9.94 Å². The van der Waals surface area contributed by atoms with E-state index < -0.39 is 0 Å². The normalized spacial score (nSPS) is 10.0. The molecule has 1 aromatic carbocycles. The van der Waals surface area contributed by atoms with Crippen LogP contribution in [0.2, 0.25) is 0 Å². The molecule has 1 aromatic rings. The summed E-state index contributed by atoms with van der Waals surface area (Å²) in [4.78, 5) is 0. The molecule has 0 aromatic heterocycles. The van der Waals surface area contributed by atoms with Gasteiger partial charge in [-0.25, -0.2) is 0 Å². The van der Waals surface area contributed by atoms with Gasteiger partial charge in [0.2, 0.25) is 6.40 Å². The molecule has 0 fully saturated rings. The summed E-state index contributed by atoms with van der Waals surface area (Å²) in [7, 11) is 0. The number of nitrogens with zero attached hydrogens (tertiary/aromatic N) is 1. The van der Waals surface area contributed by atoms with Crippen LogP contribution in [0.1, 0.15) is 0 Å². The molecule has 0 saturated carbocycles. The molecule has 0 amide bonds. The standard InChI is InChI=1S/C7H6NO2/c9-8-6-10-7-4-2-1-3-5-7/h1-4,6,9H. The van der Waals surface area contributed by atoms with Crippen LogP contribution in [0.4, 0.5) is 0 Å². The molecule has 51 valence electrons. The van der Waals surface area contributed by atoms with Crippen molar-refractivity contribution < 1.29 is 9.94 Å². The van der Waals surface area contributed by atoms with Gasteiger partial charge in [0.15, 0.2) is 0 Å². The van der Waals surface area contributed by atoms with Gasteiger partial charge in [0.1, 0.15) is 5.75 Å². The summed E-state index contributed by atoms with van der Waals surface area (Å²) in [5, 5.41) is 10.6. The molecule has 0 aliphatic carbocycles. The van der Waals surface area contributed by atoms with Crippen molar-refractivity contribution in [3.05, 3.63) is 30.3 Å². The van der Waals surface area contributed by atoms with Crippen molar-refractivity contribution in [3.8, 4) is 5.75 Å². The molecule has 3 nitrogen and oxygen atoms in total. The fourth-order valence-electron chi connectivity index (χ4n) is 0.531. The zero-order chi connectivity index (χ0) is 7.23. The lowest BCUT2D eigenvalue weighted by molar-refractivity contribution is 0.309. The largest absolute Gasteiger partial charge is 0.442 e. The number of para-hydroxylation sites is 1. The number of rotatable bonds is 2. The lowest BCUT2D eigenvalue weighted by Crippen LogP contribution is -1.87. The third-order valence-corrected chi connectivity index (χ3v) is 0.907. The van der Waals surface area contributed by atoms with Crippen LogP contribution < -0.4 is 4.74 Å². The fourth-order valence-corrected chi connectivity index (χ4v) is 0.531. The number of oxime groups is 1. The highest BCUT2D eigenvalue weighted by molar-refractivity contribution is 5.50. The van der Waals surface area contributed by atoms with Gasteiger partial charge >= 0.3 is 0 Å². The third-order valence-electron chi connectivity index (χ3n) is 0.907.